The molecule has 3 heteroatoms. The Hall–Kier alpha value is -0.180. The summed E-state index contributed by atoms with van der Waals surface area (Å²) in [5.74, 6) is 1.09. The molecule has 0 radical (unpaired) electrons. The molecule has 0 aromatic heterocycles. The van der Waals surface area contributed by atoms with Crippen molar-refractivity contribution in [1.29, 1.82) is 0 Å². The van der Waals surface area contributed by atoms with Crippen LogP contribution in [-0.2, 0) is 6.61 Å². The van der Waals surface area contributed by atoms with Crippen LogP contribution in [0.2, 0.25) is 5.02 Å². The van der Waals surface area contributed by atoms with Gasteiger partial charge in [-0.2, -0.15) is 0 Å². The van der Waals surface area contributed by atoms with Crippen LogP contribution in [0.4, 0.5) is 0 Å². The summed E-state index contributed by atoms with van der Waals surface area (Å²) in [5.41, 5.74) is 0.968. The molecule has 0 aliphatic carbocycles. The van der Waals surface area contributed by atoms with Gasteiger partial charge in [-0.3, -0.25) is 0 Å². The molecule has 78 valence electrons. The average Bonchev–Trinajstić information content (AvgIpc) is 2.19. The maximum Gasteiger partial charge on any atom is 0.0692 e. The summed E-state index contributed by atoms with van der Waals surface area (Å²) in [5, 5.41) is 9.85. The molecule has 0 unspecified atom stereocenters. The number of rotatable bonds is 5. The van der Waals surface area contributed by atoms with E-state index in [0.29, 0.717) is 0 Å². The molecule has 0 aliphatic heterocycles. The van der Waals surface area contributed by atoms with Gasteiger partial charge in [-0.05, 0) is 29.9 Å². The molecule has 0 amide bonds. The van der Waals surface area contributed by atoms with Crippen LogP contribution < -0.4 is 0 Å². The number of thioether (sulfide) groups is 1. The molecular weight excluding hydrogens is 216 g/mol. The number of benzene rings is 1. The molecule has 0 spiro atoms. The third-order valence-corrected chi connectivity index (χ3v) is 3.37. The van der Waals surface area contributed by atoms with E-state index in [1.54, 1.807) is 11.8 Å². The number of unbranched alkanes of at least 4 members (excludes halogenated alkanes) is 1. The lowest BCUT2D eigenvalue weighted by molar-refractivity contribution is 0.279. The van der Waals surface area contributed by atoms with Crippen LogP contribution in [-0.4, -0.2) is 10.9 Å². The first-order valence-corrected chi connectivity index (χ1v) is 6.16. The van der Waals surface area contributed by atoms with E-state index in [1.165, 1.54) is 12.8 Å². The molecule has 1 nitrogen and oxygen atoms in total. The van der Waals surface area contributed by atoms with Gasteiger partial charge in [0.25, 0.3) is 0 Å². The summed E-state index contributed by atoms with van der Waals surface area (Å²) in [6.45, 7) is 2.26. The largest absolute Gasteiger partial charge is 0.392 e. The van der Waals surface area contributed by atoms with Gasteiger partial charge in [0.05, 0.1) is 6.61 Å². The van der Waals surface area contributed by atoms with Gasteiger partial charge in [0.2, 0.25) is 0 Å². The summed E-state index contributed by atoms with van der Waals surface area (Å²) in [4.78, 5) is 1.11. The lowest BCUT2D eigenvalue weighted by Gasteiger charge is -2.06. The van der Waals surface area contributed by atoms with Crippen molar-refractivity contribution < 1.29 is 5.11 Å². The van der Waals surface area contributed by atoms with E-state index in [4.69, 9.17) is 16.7 Å². The van der Waals surface area contributed by atoms with Gasteiger partial charge in [-0.25, -0.2) is 0 Å². The fourth-order valence-corrected chi connectivity index (χ4v) is 2.54. The molecule has 0 saturated heterocycles. The zero-order valence-corrected chi connectivity index (χ0v) is 9.87. The van der Waals surface area contributed by atoms with E-state index in [1.807, 2.05) is 18.2 Å². The van der Waals surface area contributed by atoms with Crippen LogP contribution in [0.1, 0.15) is 25.3 Å². The summed E-state index contributed by atoms with van der Waals surface area (Å²) < 4.78 is 0. The zero-order valence-electron chi connectivity index (χ0n) is 8.29. The normalized spacial score (nSPS) is 10.5. The quantitative estimate of drug-likeness (QED) is 0.615. The molecule has 0 saturated carbocycles. The Bertz CT molecular complexity index is 289. The lowest BCUT2D eigenvalue weighted by Crippen LogP contribution is -1.88. The second kappa shape index (κ2) is 6.33. The van der Waals surface area contributed by atoms with Crippen LogP contribution in [0.15, 0.2) is 23.1 Å². The second-order valence-electron chi connectivity index (χ2n) is 3.11. The predicted molar refractivity (Wildman–Crippen MR) is 63.0 cm³/mol. The van der Waals surface area contributed by atoms with Crippen molar-refractivity contribution in [3.05, 3.63) is 28.8 Å². The van der Waals surface area contributed by atoms with Gasteiger partial charge in [0, 0.05) is 9.92 Å². The van der Waals surface area contributed by atoms with Gasteiger partial charge < -0.3 is 5.11 Å². The van der Waals surface area contributed by atoms with Crippen LogP contribution in [0, 0.1) is 0 Å². The van der Waals surface area contributed by atoms with Gasteiger partial charge >= 0.3 is 0 Å². The topological polar surface area (TPSA) is 20.2 Å². The standard InChI is InChI=1S/C11H15ClOS/c1-2-3-6-14-11-7-10(12)5-4-9(11)8-13/h4-5,7,13H,2-3,6,8H2,1H3. The van der Waals surface area contributed by atoms with E-state index < -0.39 is 0 Å². The monoisotopic (exact) mass is 230 g/mol. The van der Waals surface area contributed by atoms with E-state index in [2.05, 4.69) is 6.92 Å². The Kier molecular flexibility index (Phi) is 5.38. The van der Waals surface area contributed by atoms with E-state index in [9.17, 15) is 0 Å². The molecule has 1 aromatic carbocycles. The Labute approximate surface area is 94.5 Å². The van der Waals surface area contributed by atoms with Crippen LogP contribution in [0.25, 0.3) is 0 Å². The van der Waals surface area contributed by atoms with Gasteiger partial charge in [0.1, 0.15) is 0 Å². The zero-order chi connectivity index (χ0) is 10.4. The molecule has 14 heavy (non-hydrogen) atoms. The number of aliphatic hydroxyl groups is 1. The van der Waals surface area contributed by atoms with Crippen LogP contribution in [0.5, 0.6) is 0 Å². The summed E-state index contributed by atoms with van der Waals surface area (Å²) >= 11 is 7.66. The highest BCUT2D eigenvalue weighted by Crippen LogP contribution is 2.27. The highest BCUT2D eigenvalue weighted by molar-refractivity contribution is 7.99. The van der Waals surface area contributed by atoms with Crippen LogP contribution >= 0.6 is 23.4 Å². The lowest BCUT2D eigenvalue weighted by atomic mass is 10.2. The van der Waals surface area contributed by atoms with Crippen molar-refractivity contribution >= 4 is 23.4 Å². The summed E-state index contributed by atoms with van der Waals surface area (Å²) in [6, 6.07) is 5.63. The van der Waals surface area contributed by atoms with Crippen molar-refractivity contribution in [2.45, 2.75) is 31.3 Å². The minimum absolute atomic E-state index is 0.0889. The minimum Gasteiger partial charge on any atom is -0.392 e. The van der Waals surface area contributed by atoms with Crippen molar-refractivity contribution in [2.24, 2.45) is 0 Å². The molecular formula is C11H15ClOS. The smallest absolute Gasteiger partial charge is 0.0692 e. The van der Waals surface area contributed by atoms with Gasteiger partial charge in [-0.1, -0.05) is 31.0 Å². The SMILES string of the molecule is CCCCSc1cc(Cl)ccc1CO. The maximum absolute atomic E-state index is 9.11. The number of hydrogen-bond acceptors (Lipinski definition) is 2. The predicted octanol–water partition coefficient (Wildman–Crippen LogP) is 3.72. The third-order valence-electron chi connectivity index (χ3n) is 1.96. The molecule has 1 aromatic rings. The van der Waals surface area contributed by atoms with Crippen molar-refractivity contribution in [2.75, 3.05) is 5.75 Å². The molecule has 0 bridgehead atoms. The Morgan fingerprint density at radius 3 is 2.86 bits per heavy atom. The summed E-state index contributed by atoms with van der Waals surface area (Å²) in [6.07, 6.45) is 2.39. The first kappa shape index (κ1) is 11.9. The number of halogens is 1. The van der Waals surface area contributed by atoms with Crippen molar-refractivity contribution in [3.8, 4) is 0 Å². The van der Waals surface area contributed by atoms with Gasteiger partial charge in [0.15, 0.2) is 0 Å². The molecule has 1 rings (SSSR count). The van der Waals surface area contributed by atoms with Crippen molar-refractivity contribution in [3.63, 3.8) is 0 Å². The van der Waals surface area contributed by atoms with E-state index in [-0.39, 0.29) is 6.61 Å². The fourth-order valence-electron chi connectivity index (χ4n) is 1.12. The number of hydrogen-bond donors (Lipinski definition) is 1. The minimum atomic E-state index is 0.0889. The second-order valence-corrected chi connectivity index (χ2v) is 4.69. The van der Waals surface area contributed by atoms with Crippen LogP contribution in [0.3, 0.4) is 0 Å². The fraction of sp³-hybridized carbons (Fsp3) is 0.455. The Balaban J connectivity index is 2.67. The van der Waals surface area contributed by atoms with Gasteiger partial charge in [-0.15, -0.1) is 11.8 Å². The average molecular weight is 231 g/mol. The molecule has 0 heterocycles. The Morgan fingerprint density at radius 2 is 2.21 bits per heavy atom. The van der Waals surface area contributed by atoms with E-state index >= 15 is 0 Å². The maximum atomic E-state index is 9.11. The molecule has 0 aliphatic rings. The molecule has 1 N–H and O–H groups in total. The summed E-state index contributed by atoms with van der Waals surface area (Å²) in [7, 11) is 0. The highest BCUT2D eigenvalue weighted by Gasteiger charge is 2.02. The molecule has 0 fully saturated rings. The number of aliphatic hydroxyl groups excluding tert-OH is 1. The molecule has 0 atom stereocenters. The van der Waals surface area contributed by atoms with E-state index in [0.717, 1.165) is 21.2 Å². The highest BCUT2D eigenvalue weighted by atomic mass is 35.5. The first-order chi connectivity index (χ1) is 6.77. The van der Waals surface area contributed by atoms with Crippen molar-refractivity contribution in [1.82, 2.24) is 0 Å². The third kappa shape index (κ3) is 3.52. The first-order valence-electron chi connectivity index (χ1n) is 4.80. The Morgan fingerprint density at radius 1 is 1.43 bits per heavy atom.